The summed E-state index contributed by atoms with van der Waals surface area (Å²) in [5.41, 5.74) is 2.30. The number of thiazole rings is 1. The minimum absolute atomic E-state index is 0.135. The fourth-order valence-electron chi connectivity index (χ4n) is 2.48. The van der Waals surface area contributed by atoms with Crippen molar-refractivity contribution < 1.29 is 13.9 Å². The zero-order valence-electron chi connectivity index (χ0n) is 13.0. The van der Waals surface area contributed by atoms with Gasteiger partial charge in [0.2, 0.25) is 5.78 Å². The van der Waals surface area contributed by atoms with Crippen LogP contribution in [-0.2, 0) is 0 Å². The van der Waals surface area contributed by atoms with E-state index in [0.29, 0.717) is 5.56 Å². The molecule has 4 nitrogen and oxygen atoms in total. The molecule has 3 rings (SSSR count). The van der Waals surface area contributed by atoms with Crippen LogP contribution in [0.3, 0.4) is 0 Å². The monoisotopic (exact) mass is 364 g/mol. The number of halogens is 2. The highest BCUT2D eigenvalue weighted by Crippen LogP contribution is 2.26. The number of carbonyl (C=O) groups is 1. The number of ether oxygens (including phenoxy) is 1. The Kier molecular flexibility index (Phi) is 4.69. The van der Waals surface area contributed by atoms with Crippen LogP contribution in [-0.4, -0.2) is 21.9 Å². The number of aromatic nitrogens is 2. The second kappa shape index (κ2) is 6.75. The topological polar surface area (TPSA) is 44.1 Å². The molecular weight excluding hydrogens is 351 g/mol. The number of carbonyl (C=O) groups excluding carboxylic acids is 1. The fourth-order valence-corrected chi connectivity index (χ4v) is 3.45. The fraction of sp³-hybridized carbons (Fsp3) is 0.176. The first kappa shape index (κ1) is 16.7. The average Bonchev–Trinajstić information content (AvgIpc) is 3.14. The molecule has 0 unspecified atom stereocenters. The van der Waals surface area contributed by atoms with Crippen LogP contribution in [0.1, 0.15) is 21.7 Å². The molecule has 0 aliphatic rings. The van der Waals surface area contributed by atoms with Crippen LogP contribution in [0.15, 0.2) is 35.8 Å². The van der Waals surface area contributed by atoms with Gasteiger partial charge in [-0.25, -0.2) is 9.37 Å². The van der Waals surface area contributed by atoms with Crippen LogP contribution in [0.2, 0.25) is 5.02 Å². The lowest BCUT2D eigenvalue weighted by Crippen LogP contribution is -2.13. The summed E-state index contributed by atoms with van der Waals surface area (Å²) in [6.07, 6.45) is 1.72. The minimum Gasteiger partial charge on any atom is -0.484 e. The first-order valence-electron chi connectivity index (χ1n) is 7.17. The Hall–Kier alpha value is -2.18. The molecule has 0 aliphatic heterocycles. The van der Waals surface area contributed by atoms with E-state index in [9.17, 15) is 9.18 Å². The highest BCUT2D eigenvalue weighted by molar-refractivity contribution is 7.12. The van der Waals surface area contributed by atoms with Gasteiger partial charge in [-0.3, -0.25) is 9.36 Å². The van der Waals surface area contributed by atoms with Crippen molar-refractivity contribution in [2.24, 2.45) is 0 Å². The smallest absolute Gasteiger partial charge is 0.202 e. The largest absolute Gasteiger partial charge is 0.484 e. The van der Waals surface area contributed by atoms with Crippen molar-refractivity contribution in [2.75, 3.05) is 6.61 Å². The Morgan fingerprint density at radius 2 is 2.17 bits per heavy atom. The van der Waals surface area contributed by atoms with Gasteiger partial charge in [-0.05, 0) is 38.1 Å². The number of benzene rings is 1. The lowest BCUT2D eigenvalue weighted by Gasteiger charge is -2.08. The first-order valence-corrected chi connectivity index (χ1v) is 8.43. The van der Waals surface area contributed by atoms with Crippen LogP contribution >= 0.6 is 22.9 Å². The molecule has 1 aromatic carbocycles. The van der Waals surface area contributed by atoms with Gasteiger partial charge in [0.1, 0.15) is 11.6 Å². The van der Waals surface area contributed by atoms with Gasteiger partial charge in [0.25, 0.3) is 0 Å². The van der Waals surface area contributed by atoms with Gasteiger partial charge in [-0.15, -0.1) is 11.3 Å². The lowest BCUT2D eigenvalue weighted by molar-refractivity contribution is 0.0921. The second-order valence-corrected chi connectivity index (χ2v) is 6.50. The molecule has 0 radical (unpaired) electrons. The summed E-state index contributed by atoms with van der Waals surface area (Å²) < 4.78 is 20.4. The van der Waals surface area contributed by atoms with Crippen LogP contribution in [0, 0.1) is 19.7 Å². The molecule has 3 aromatic rings. The molecule has 0 saturated carbocycles. The van der Waals surface area contributed by atoms with E-state index in [1.54, 1.807) is 6.20 Å². The number of ketones is 1. The first-order chi connectivity index (χ1) is 11.5. The van der Waals surface area contributed by atoms with Gasteiger partial charge in [0.05, 0.1) is 5.02 Å². The highest BCUT2D eigenvalue weighted by atomic mass is 35.5. The average molecular weight is 365 g/mol. The molecule has 0 amide bonds. The van der Waals surface area contributed by atoms with E-state index in [0.717, 1.165) is 22.6 Å². The molecule has 24 heavy (non-hydrogen) atoms. The highest BCUT2D eigenvalue weighted by Gasteiger charge is 2.18. The second-order valence-electron chi connectivity index (χ2n) is 5.22. The third kappa shape index (κ3) is 3.20. The number of hydrogen-bond acceptors (Lipinski definition) is 4. The molecule has 0 N–H and O–H groups in total. The Labute approximate surface area is 147 Å². The van der Waals surface area contributed by atoms with Crippen LogP contribution in [0.25, 0.3) is 5.13 Å². The maximum atomic E-state index is 13.0. The Morgan fingerprint density at radius 1 is 1.38 bits per heavy atom. The van der Waals surface area contributed by atoms with E-state index in [-0.39, 0.29) is 23.2 Å². The van der Waals surface area contributed by atoms with Gasteiger partial charge in [-0.2, -0.15) is 0 Å². The summed E-state index contributed by atoms with van der Waals surface area (Å²) in [5.74, 6) is -0.350. The van der Waals surface area contributed by atoms with Gasteiger partial charge in [0, 0.05) is 28.5 Å². The molecule has 2 heterocycles. The third-order valence-corrected chi connectivity index (χ3v) is 4.65. The van der Waals surface area contributed by atoms with E-state index in [4.69, 9.17) is 16.3 Å². The van der Waals surface area contributed by atoms with E-state index in [2.05, 4.69) is 4.98 Å². The summed E-state index contributed by atoms with van der Waals surface area (Å²) >= 11 is 7.40. The number of Topliss-reactive ketones (excluding diaryl/α,β-unsaturated/α-hetero) is 1. The van der Waals surface area contributed by atoms with Crippen molar-refractivity contribution >= 4 is 28.7 Å². The van der Waals surface area contributed by atoms with Crippen LogP contribution < -0.4 is 4.74 Å². The lowest BCUT2D eigenvalue weighted by atomic mass is 10.1. The summed E-state index contributed by atoms with van der Waals surface area (Å²) in [7, 11) is 0. The Morgan fingerprint density at radius 3 is 2.83 bits per heavy atom. The number of nitrogens with zero attached hydrogens (tertiary/aromatic N) is 2. The third-order valence-electron chi connectivity index (χ3n) is 3.59. The van der Waals surface area contributed by atoms with Crippen LogP contribution in [0.4, 0.5) is 4.39 Å². The van der Waals surface area contributed by atoms with E-state index in [1.807, 2.05) is 29.9 Å². The van der Waals surface area contributed by atoms with Crippen molar-refractivity contribution in [2.45, 2.75) is 13.8 Å². The quantitative estimate of drug-likeness (QED) is 0.621. The Balaban J connectivity index is 1.80. The predicted molar refractivity (Wildman–Crippen MR) is 92.2 cm³/mol. The summed E-state index contributed by atoms with van der Waals surface area (Å²) in [5, 5.41) is 2.83. The maximum Gasteiger partial charge on any atom is 0.202 e. The van der Waals surface area contributed by atoms with Crippen molar-refractivity contribution in [3.63, 3.8) is 0 Å². The molecule has 124 valence electrons. The summed E-state index contributed by atoms with van der Waals surface area (Å²) in [6, 6.07) is 5.61. The zero-order valence-corrected chi connectivity index (χ0v) is 14.6. The molecule has 0 saturated heterocycles. The number of hydrogen-bond donors (Lipinski definition) is 0. The SMILES string of the molecule is Cc1cc(C(=O)COc2ccc(F)cc2Cl)c(C)n1-c1nccs1. The molecule has 0 spiro atoms. The van der Waals surface area contributed by atoms with Gasteiger partial charge in [0.15, 0.2) is 11.7 Å². The van der Waals surface area contributed by atoms with Crippen molar-refractivity contribution in [1.82, 2.24) is 9.55 Å². The van der Waals surface area contributed by atoms with Gasteiger partial charge < -0.3 is 4.74 Å². The molecule has 7 heteroatoms. The van der Waals surface area contributed by atoms with Gasteiger partial charge >= 0.3 is 0 Å². The summed E-state index contributed by atoms with van der Waals surface area (Å²) in [6.45, 7) is 3.61. The normalized spacial score (nSPS) is 10.8. The van der Waals surface area contributed by atoms with Crippen molar-refractivity contribution in [3.05, 3.63) is 63.6 Å². The van der Waals surface area contributed by atoms with Crippen molar-refractivity contribution in [3.8, 4) is 10.9 Å². The van der Waals surface area contributed by atoms with Gasteiger partial charge in [-0.1, -0.05) is 11.6 Å². The minimum atomic E-state index is -0.453. The van der Waals surface area contributed by atoms with E-state index in [1.165, 1.54) is 23.5 Å². The number of aryl methyl sites for hydroxylation is 1. The number of rotatable bonds is 5. The molecule has 0 bridgehead atoms. The Bertz CT molecular complexity index is 890. The van der Waals surface area contributed by atoms with E-state index >= 15 is 0 Å². The molecule has 0 atom stereocenters. The zero-order chi connectivity index (χ0) is 17.3. The predicted octanol–water partition coefficient (Wildman–Crippen LogP) is 4.60. The molecular formula is C17H14ClFN2O2S. The van der Waals surface area contributed by atoms with Crippen LogP contribution in [0.5, 0.6) is 5.75 Å². The molecule has 0 aliphatic carbocycles. The maximum absolute atomic E-state index is 13.0. The molecule has 0 fully saturated rings. The molecule has 2 aromatic heterocycles. The standard InChI is InChI=1S/C17H14ClFN2O2S/c1-10-7-13(11(2)21(10)17-20-5-6-24-17)15(22)9-23-16-4-3-12(19)8-14(16)18/h3-8H,9H2,1-2H3. The van der Waals surface area contributed by atoms with Crippen molar-refractivity contribution in [1.29, 1.82) is 0 Å². The summed E-state index contributed by atoms with van der Waals surface area (Å²) in [4.78, 5) is 16.8. The van der Waals surface area contributed by atoms with E-state index < -0.39 is 5.82 Å².